The SMILES string of the molecule is I/C=C/COC(CCc1ccccc1)C1CC1. The number of hydrogen-bond acceptors (Lipinski definition) is 1. The number of rotatable bonds is 7. The van der Waals surface area contributed by atoms with Gasteiger partial charge >= 0.3 is 0 Å². The number of benzene rings is 1. The molecule has 1 fully saturated rings. The van der Waals surface area contributed by atoms with Crippen LogP contribution in [-0.2, 0) is 11.2 Å². The molecule has 17 heavy (non-hydrogen) atoms. The first-order valence-electron chi connectivity index (χ1n) is 6.31. The zero-order valence-corrected chi connectivity index (χ0v) is 12.2. The van der Waals surface area contributed by atoms with Crippen LogP contribution in [0.2, 0.25) is 0 Å². The van der Waals surface area contributed by atoms with Crippen LogP contribution in [0.1, 0.15) is 24.8 Å². The van der Waals surface area contributed by atoms with Crippen molar-refractivity contribution in [1.82, 2.24) is 0 Å². The van der Waals surface area contributed by atoms with Crippen LogP contribution in [-0.4, -0.2) is 12.7 Å². The lowest BCUT2D eigenvalue weighted by molar-refractivity contribution is 0.0518. The Morgan fingerprint density at radius 3 is 2.71 bits per heavy atom. The van der Waals surface area contributed by atoms with E-state index in [4.69, 9.17) is 4.74 Å². The minimum Gasteiger partial charge on any atom is -0.374 e. The summed E-state index contributed by atoms with van der Waals surface area (Å²) in [6.07, 6.45) is 7.54. The van der Waals surface area contributed by atoms with Gasteiger partial charge in [0.2, 0.25) is 0 Å². The average Bonchev–Trinajstić information content (AvgIpc) is 3.19. The molecule has 0 bridgehead atoms. The van der Waals surface area contributed by atoms with Gasteiger partial charge in [0.1, 0.15) is 0 Å². The van der Waals surface area contributed by atoms with Gasteiger partial charge < -0.3 is 4.74 Å². The number of ether oxygens (including phenoxy) is 1. The molecule has 1 atom stereocenters. The fourth-order valence-corrected chi connectivity index (χ4v) is 2.30. The van der Waals surface area contributed by atoms with Crippen LogP contribution in [0.15, 0.2) is 40.5 Å². The second-order valence-electron chi connectivity index (χ2n) is 4.60. The van der Waals surface area contributed by atoms with Crippen molar-refractivity contribution in [2.24, 2.45) is 5.92 Å². The monoisotopic (exact) mass is 342 g/mol. The van der Waals surface area contributed by atoms with Crippen molar-refractivity contribution < 1.29 is 4.74 Å². The third-order valence-electron chi connectivity index (χ3n) is 3.20. The summed E-state index contributed by atoms with van der Waals surface area (Å²) in [6.45, 7) is 0.763. The minimum absolute atomic E-state index is 0.461. The highest BCUT2D eigenvalue weighted by molar-refractivity contribution is 14.1. The second kappa shape index (κ2) is 7.17. The van der Waals surface area contributed by atoms with Crippen molar-refractivity contribution in [2.45, 2.75) is 31.8 Å². The van der Waals surface area contributed by atoms with E-state index in [1.807, 2.05) is 4.08 Å². The summed E-state index contributed by atoms with van der Waals surface area (Å²) in [5.74, 6) is 0.821. The molecule has 1 aliphatic rings. The maximum Gasteiger partial charge on any atom is 0.0658 e. The van der Waals surface area contributed by atoms with Crippen LogP contribution in [0.25, 0.3) is 0 Å². The molecule has 1 saturated carbocycles. The number of aryl methyl sites for hydroxylation is 1. The Hall–Kier alpha value is -0.350. The van der Waals surface area contributed by atoms with Gasteiger partial charge in [0.05, 0.1) is 12.7 Å². The highest BCUT2D eigenvalue weighted by atomic mass is 127. The number of hydrogen-bond donors (Lipinski definition) is 0. The van der Waals surface area contributed by atoms with Gasteiger partial charge in [0.25, 0.3) is 0 Å². The van der Waals surface area contributed by atoms with Crippen molar-refractivity contribution in [3.05, 3.63) is 46.1 Å². The highest BCUT2D eigenvalue weighted by Gasteiger charge is 2.31. The van der Waals surface area contributed by atoms with Gasteiger partial charge in [-0.05, 0) is 41.2 Å². The van der Waals surface area contributed by atoms with E-state index >= 15 is 0 Å². The van der Waals surface area contributed by atoms with E-state index < -0.39 is 0 Å². The van der Waals surface area contributed by atoms with Crippen molar-refractivity contribution in [1.29, 1.82) is 0 Å². The molecule has 1 unspecified atom stereocenters. The molecule has 1 aromatic rings. The molecule has 0 aliphatic heterocycles. The maximum atomic E-state index is 5.94. The molecular weight excluding hydrogens is 323 g/mol. The van der Waals surface area contributed by atoms with E-state index in [0.29, 0.717) is 6.10 Å². The molecule has 1 nitrogen and oxygen atoms in total. The molecule has 0 N–H and O–H groups in total. The fraction of sp³-hybridized carbons (Fsp3) is 0.467. The molecule has 0 heterocycles. The summed E-state index contributed by atoms with van der Waals surface area (Å²) in [5.41, 5.74) is 1.42. The van der Waals surface area contributed by atoms with Gasteiger partial charge in [-0.2, -0.15) is 0 Å². The Kier molecular flexibility index (Phi) is 5.52. The molecule has 1 aliphatic carbocycles. The predicted molar refractivity (Wildman–Crippen MR) is 80.4 cm³/mol. The van der Waals surface area contributed by atoms with Crippen LogP contribution in [0.3, 0.4) is 0 Å². The van der Waals surface area contributed by atoms with Crippen molar-refractivity contribution in [2.75, 3.05) is 6.61 Å². The van der Waals surface area contributed by atoms with Crippen LogP contribution >= 0.6 is 22.6 Å². The Morgan fingerprint density at radius 2 is 2.06 bits per heavy atom. The van der Waals surface area contributed by atoms with Gasteiger partial charge in [-0.1, -0.05) is 59.0 Å². The third kappa shape index (κ3) is 4.80. The van der Waals surface area contributed by atoms with Gasteiger partial charge in [0, 0.05) is 0 Å². The van der Waals surface area contributed by atoms with Gasteiger partial charge in [-0.3, -0.25) is 0 Å². The molecule has 92 valence electrons. The first-order valence-corrected chi connectivity index (χ1v) is 7.55. The summed E-state index contributed by atoms with van der Waals surface area (Å²) in [7, 11) is 0. The summed E-state index contributed by atoms with van der Waals surface area (Å²) in [4.78, 5) is 0. The molecule has 0 radical (unpaired) electrons. The Bertz CT molecular complexity index is 343. The van der Waals surface area contributed by atoms with Gasteiger partial charge in [-0.15, -0.1) is 0 Å². The van der Waals surface area contributed by atoms with E-state index in [1.54, 1.807) is 0 Å². The standard InChI is InChI=1S/C15H19IO/c16-11-4-12-17-15(14-8-9-14)10-7-13-5-2-1-3-6-13/h1-6,11,14-15H,7-10,12H2/b11-4+. The molecule has 0 saturated heterocycles. The normalized spacial score (nSPS) is 17.5. The van der Waals surface area contributed by atoms with Crippen LogP contribution < -0.4 is 0 Å². The Morgan fingerprint density at radius 1 is 1.29 bits per heavy atom. The summed E-state index contributed by atoms with van der Waals surface area (Å²) >= 11 is 2.24. The lowest BCUT2D eigenvalue weighted by atomic mass is 10.0. The lowest BCUT2D eigenvalue weighted by Crippen LogP contribution is -2.16. The third-order valence-corrected chi connectivity index (χ3v) is 3.71. The van der Waals surface area contributed by atoms with E-state index in [2.05, 4.69) is 59.0 Å². The quantitative estimate of drug-likeness (QED) is 0.669. The molecule has 2 heteroatoms. The highest BCUT2D eigenvalue weighted by Crippen LogP contribution is 2.36. The average molecular weight is 342 g/mol. The summed E-state index contributed by atoms with van der Waals surface area (Å²) in [5, 5.41) is 0. The van der Waals surface area contributed by atoms with Crippen molar-refractivity contribution in [3.8, 4) is 0 Å². The van der Waals surface area contributed by atoms with Crippen LogP contribution in [0.5, 0.6) is 0 Å². The lowest BCUT2D eigenvalue weighted by Gasteiger charge is -2.16. The van der Waals surface area contributed by atoms with Crippen LogP contribution in [0, 0.1) is 5.92 Å². The molecule has 1 aromatic carbocycles. The summed E-state index contributed by atoms with van der Waals surface area (Å²) in [6, 6.07) is 10.7. The fourth-order valence-electron chi connectivity index (χ4n) is 2.09. The van der Waals surface area contributed by atoms with Crippen molar-refractivity contribution in [3.63, 3.8) is 0 Å². The van der Waals surface area contributed by atoms with Gasteiger partial charge in [-0.25, -0.2) is 0 Å². The Labute approximate surface area is 117 Å². The van der Waals surface area contributed by atoms with Crippen molar-refractivity contribution >= 4 is 22.6 Å². The zero-order valence-electron chi connectivity index (χ0n) is 10.0. The first-order chi connectivity index (χ1) is 8.40. The smallest absolute Gasteiger partial charge is 0.0658 e. The van der Waals surface area contributed by atoms with E-state index in [9.17, 15) is 0 Å². The van der Waals surface area contributed by atoms with E-state index in [-0.39, 0.29) is 0 Å². The molecule has 0 spiro atoms. The zero-order chi connectivity index (χ0) is 11.9. The molecule has 0 amide bonds. The largest absolute Gasteiger partial charge is 0.374 e. The van der Waals surface area contributed by atoms with Gasteiger partial charge in [0.15, 0.2) is 0 Å². The molecule has 0 aromatic heterocycles. The second-order valence-corrected chi connectivity index (χ2v) is 5.31. The molecular formula is C15H19IO. The predicted octanol–water partition coefficient (Wildman–Crippen LogP) is 4.36. The summed E-state index contributed by atoms with van der Waals surface area (Å²) < 4.78 is 7.96. The first kappa shape index (κ1) is 13.1. The number of halogens is 1. The Balaban J connectivity index is 1.77. The van der Waals surface area contributed by atoms with E-state index in [1.165, 1.54) is 18.4 Å². The van der Waals surface area contributed by atoms with Crippen LogP contribution in [0.4, 0.5) is 0 Å². The topological polar surface area (TPSA) is 9.23 Å². The molecule has 2 rings (SSSR count). The minimum atomic E-state index is 0.461. The van der Waals surface area contributed by atoms with E-state index in [0.717, 1.165) is 25.4 Å². The maximum absolute atomic E-state index is 5.94.